The molecule has 2 aliphatic heterocycles. The molecule has 7 nitrogen and oxygen atoms in total. The summed E-state index contributed by atoms with van der Waals surface area (Å²) in [6, 6.07) is 7.60. The molecule has 1 aromatic carbocycles. The van der Waals surface area contributed by atoms with Crippen molar-refractivity contribution < 1.29 is 14.6 Å². The fraction of sp³-hybridized carbons (Fsp3) is 0.421. The second kappa shape index (κ2) is 7.32. The van der Waals surface area contributed by atoms with Gasteiger partial charge < -0.3 is 20.1 Å². The van der Waals surface area contributed by atoms with Crippen molar-refractivity contribution in [1.29, 1.82) is 0 Å². The van der Waals surface area contributed by atoms with Crippen molar-refractivity contribution in [1.82, 2.24) is 15.3 Å². The molecule has 1 saturated heterocycles. The average Bonchev–Trinajstić information content (AvgIpc) is 3.23. The first kappa shape index (κ1) is 18.0. The number of halogens is 1. The number of hydrogen-bond donors (Lipinski definition) is 2. The lowest BCUT2D eigenvalue weighted by Crippen LogP contribution is -2.58. The number of benzene rings is 1. The van der Waals surface area contributed by atoms with E-state index in [9.17, 15) is 9.90 Å². The standard InChI is InChI=1S/C19H21ClN4O3/c20-14-10-21-18(24-7-3-4-8-24)22-16(14)17(26)23-19(11-25)9-13-5-1-2-6-15(13)27-12-19/h1-2,5-6,10,25H,3-4,7-9,11-12H2,(H,23,26). The van der Waals surface area contributed by atoms with E-state index in [-0.39, 0.29) is 23.9 Å². The van der Waals surface area contributed by atoms with E-state index < -0.39 is 11.4 Å². The first-order chi connectivity index (χ1) is 13.1. The summed E-state index contributed by atoms with van der Waals surface area (Å²) in [4.78, 5) is 23.6. The maximum atomic E-state index is 12.9. The topological polar surface area (TPSA) is 87.6 Å². The molecule has 0 bridgehead atoms. The van der Waals surface area contributed by atoms with Gasteiger partial charge >= 0.3 is 0 Å². The van der Waals surface area contributed by atoms with Crippen molar-refractivity contribution in [3.63, 3.8) is 0 Å². The van der Waals surface area contributed by atoms with Crippen molar-refractivity contribution >= 4 is 23.5 Å². The van der Waals surface area contributed by atoms with Gasteiger partial charge in [-0.25, -0.2) is 9.97 Å². The van der Waals surface area contributed by atoms with E-state index in [1.165, 1.54) is 6.20 Å². The number of ether oxygens (including phenoxy) is 1. The molecule has 0 spiro atoms. The van der Waals surface area contributed by atoms with Gasteiger partial charge in [0.05, 0.1) is 17.8 Å². The SMILES string of the molecule is O=C(NC1(CO)COc2ccccc2C1)c1nc(N2CCCC2)ncc1Cl. The third kappa shape index (κ3) is 3.57. The Hall–Kier alpha value is -2.38. The number of carbonyl (C=O) groups excluding carboxylic acids is 1. The molecule has 1 fully saturated rings. The van der Waals surface area contributed by atoms with Crippen molar-refractivity contribution in [3.8, 4) is 5.75 Å². The summed E-state index contributed by atoms with van der Waals surface area (Å²) >= 11 is 6.19. The number of anilines is 1. The number of nitrogens with one attached hydrogen (secondary N) is 1. The predicted octanol–water partition coefficient (Wildman–Crippen LogP) is 1.83. The summed E-state index contributed by atoms with van der Waals surface area (Å²) < 4.78 is 5.75. The number of carbonyl (C=O) groups is 1. The Morgan fingerprint density at radius 2 is 2.11 bits per heavy atom. The van der Waals surface area contributed by atoms with Crippen molar-refractivity contribution in [2.24, 2.45) is 0 Å². The Morgan fingerprint density at radius 1 is 1.33 bits per heavy atom. The second-order valence-corrected chi connectivity index (χ2v) is 7.43. The molecular weight excluding hydrogens is 368 g/mol. The van der Waals surface area contributed by atoms with Crippen LogP contribution in [-0.4, -0.2) is 52.8 Å². The maximum absolute atomic E-state index is 12.9. The van der Waals surface area contributed by atoms with E-state index in [1.807, 2.05) is 29.2 Å². The Kier molecular flexibility index (Phi) is 4.88. The van der Waals surface area contributed by atoms with Gasteiger partial charge in [-0.1, -0.05) is 29.8 Å². The van der Waals surface area contributed by atoms with Crippen LogP contribution >= 0.6 is 11.6 Å². The quantitative estimate of drug-likeness (QED) is 0.830. The number of amides is 1. The molecule has 27 heavy (non-hydrogen) atoms. The van der Waals surface area contributed by atoms with E-state index in [1.54, 1.807) is 0 Å². The Bertz CT molecular complexity index is 857. The lowest BCUT2D eigenvalue weighted by atomic mass is 9.89. The highest BCUT2D eigenvalue weighted by Gasteiger charge is 2.38. The molecule has 1 amide bonds. The molecule has 2 N–H and O–H groups in total. The largest absolute Gasteiger partial charge is 0.491 e. The van der Waals surface area contributed by atoms with E-state index >= 15 is 0 Å². The second-order valence-electron chi connectivity index (χ2n) is 7.03. The Labute approximate surface area is 162 Å². The molecule has 1 aromatic heterocycles. The number of nitrogens with zero attached hydrogens (tertiary/aromatic N) is 3. The van der Waals surface area contributed by atoms with E-state index in [0.717, 1.165) is 37.2 Å². The zero-order valence-electron chi connectivity index (χ0n) is 14.8. The number of fused-ring (bicyclic) bond motifs is 1. The van der Waals surface area contributed by atoms with Crippen LogP contribution < -0.4 is 15.0 Å². The van der Waals surface area contributed by atoms with E-state index in [0.29, 0.717) is 12.4 Å². The first-order valence-corrected chi connectivity index (χ1v) is 9.40. The van der Waals surface area contributed by atoms with Crippen LogP contribution in [-0.2, 0) is 6.42 Å². The molecule has 2 aromatic rings. The third-order valence-electron chi connectivity index (χ3n) is 5.02. The van der Waals surface area contributed by atoms with Gasteiger partial charge in [0.1, 0.15) is 17.9 Å². The van der Waals surface area contributed by atoms with Crippen LogP contribution in [0.25, 0.3) is 0 Å². The number of aliphatic hydroxyl groups is 1. The van der Waals surface area contributed by atoms with Crippen LogP contribution in [0, 0.1) is 0 Å². The smallest absolute Gasteiger partial charge is 0.272 e. The zero-order chi connectivity index (χ0) is 18.9. The summed E-state index contributed by atoms with van der Waals surface area (Å²) in [5, 5.41) is 13.1. The summed E-state index contributed by atoms with van der Waals surface area (Å²) in [5.74, 6) is 0.831. The predicted molar refractivity (Wildman–Crippen MR) is 101 cm³/mol. The van der Waals surface area contributed by atoms with Crippen LogP contribution in [0.15, 0.2) is 30.5 Å². The maximum Gasteiger partial charge on any atom is 0.272 e. The Balaban J connectivity index is 1.57. The van der Waals surface area contributed by atoms with Gasteiger partial charge in [-0.2, -0.15) is 0 Å². The van der Waals surface area contributed by atoms with Crippen molar-refractivity contribution in [2.45, 2.75) is 24.8 Å². The number of aromatic nitrogens is 2. The molecule has 142 valence electrons. The molecule has 3 heterocycles. The van der Waals surface area contributed by atoms with Gasteiger partial charge in [-0.15, -0.1) is 0 Å². The van der Waals surface area contributed by atoms with Gasteiger partial charge in [-0.3, -0.25) is 4.79 Å². The molecule has 2 aliphatic rings. The minimum atomic E-state index is -0.923. The number of aliphatic hydroxyl groups excluding tert-OH is 1. The van der Waals surface area contributed by atoms with E-state index in [4.69, 9.17) is 16.3 Å². The molecule has 0 aliphatic carbocycles. The highest BCUT2D eigenvalue weighted by Crippen LogP contribution is 2.29. The highest BCUT2D eigenvalue weighted by molar-refractivity contribution is 6.33. The molecule has 0 saturated carbocycles. The van der Waals surface area contributed by atoms with Crippen LogP contribution in [0.1, 0.15) is 28.9 Å². The van der Waals surface area contributed by atoms with Crippen LogP contribution in [0.3, 0.4) is 0 Å². The molecule has 1 atom stereocenters. The van der Waals surface area contributed by atoms with Gasteiger partial charge in [0.15, 0.2) is 5.69 Å². The number of para-hydroxylation sites is 1. The van der Waals surface area contributed by atoms with Crippen molar-refractivity contribution in [2.75, 3.05) is 31.2 Å². The summed E-state index contributed by atoms with van der Waals surface area (Å²) in [6.07, 6.45) is 4.08. The van der Waals surface area contributed by atoms with E-state index in [2.05, 4.69) is 15.3 Å². The van der Waals surface area contributed by atoms with Gasteiger partial charge in [-0.05, 0) is 24.5 Å². The molecule has 8 heteroatoms. The van der Waals surface area contributed by atoms with Crippen molar-refractivity contribution in [3.05, 3.63) is 46.7 Å². The Morgan fingerprint density at radius 3 is 2.89 bits per heavy atom. The minimum Gasteiger partial charge on any atom is -0.491 e. The highest BCUT2D eigenvalue weighted by atomic mass is 35.5. The van der Waals surface area contributed by atoms with Gasteiger partial charge in [0.25, 0.3) is 5.91 Å². The molecule has 0 radical (unpaired) electrons. The molecule has 1 unspecified atom stereocenters. The normalized spacial score (nSPS) is 21.5. The van der Waals surface area contributed by atoms with Crippen LogP contribution in [0.4, 0.5) is 5.95 Å². The monoisotopic (exact) mass is 388 g/mol. The van der Waals surface area contributed by atoms with Gasteiger partial charge in [0, 0.05) is 19.5 Å². The summed E-state index contributed by atoms with van der Waals surface area (Å²) in [6.45, 7) is 1.66. The molecule has 4 rings (SSSR count). The third-order valence-corrected chi connectivity index (χ3v) is 5.30. The zero-order valence-corrected chi connectivity index (χ0v) is 15.6. The van der Waals surface area contributed by atoms with Crippen LogP contribution in [0.2, 0.25) is 5.02 Å². The molecular formula is C19H21ClN4O3. The number of hydrogen-bond acceptors (Lipinski definition) is 6. The first-order valence-electron chi connectivity index (χ1n) is 9.02. The number of rotatable bonds is 4. The fourth-order valence-electron chi connectivity index (χ4n) is 3.53. The summed E-state index contributed by atoms with van der Waals surface area (Å²) in [5.41, 5.74) is 0.123. The van der Waals surface area contributed by atoms with Gasteiger partial charge in [0.2, 0.25) is 5.95 Å². The average molecular weight is 389 g/mol. The van der Waals surface area contributed by atoms with Crippen LogP contribution in [0.5, 0.6) is 5.75 Å². The lowest BCUT2D eigenvalue weighted by molar-refractivity contribution is 0.0649. The lowest BCUT2D eigenvalue weighted by Gasteiger charge is -2.37. The fourth-order valence-corrected chi connectivity index (χ4v) is 3.71. The summed E-state index contributed by atoms with van der Waals surface area (Å²) in [7, 11) is 0. The minimum absolute atomic E-state index is 0.111.